The lowest BCUT2D eigenvalue weighted by Crippen LogP contribution is -2.36. The number of likely N-dealkylation sites (N-methyl/N-ethyl adjacent to an activating group) is 1. The second-order valence-electron chi connectivity index (χ2n) is 5.11. The van der Waals surface area contributed by atoms with Gasteiger partial charge in [0.1, 0.15) is 0 Å². The summed E-state index contributed by atoms with van der Waals surface area (Å²) in [5.41, 5.74) is 0.568. The number of amides is 1. The summed E-state index contributed by atoms with van der Waals surface area (Å²) in [4.78, 5) is 15.7. The highest BCUT2D eigenvalue weighted by atomic mass is 19.2. The molecule has 1 amide bonds. The number of carbonyl (C=O) groups is 1. The van der Waals surface area contributed by atoms with Gasteiger partial charge in [0.25, 0.3) is 0 Å². The molecule has 0 radical (unpaired) electrons. The van der Waals surface area contributed by atoms with Crippen LogP contribution in [-0.2, 0) is 16.1 Å². The van der Waals surface area contributed by atoms with E-state index in [9.17, 15) is 13.6 Å². The standard InChI is InChI=1S/C15H22F2N2O2/c1-18(2)7-8-19(15(20)6-9-21-3)11-12-4-5-13(16)14(17)10-12/h4-5,10H,6-9,11H2,1-3H3. The minimum atomic E-state index is -0.899. The second kappa shape index (κ2) is 8.69. The number of nitrogens with zero attached hydrogens (tertiary/aromatic N) is 2. The fourth-order valence-corrected chi connectivity index (χ4v) is 1.82. The van der Waals surface area contributed by atoms with Crippen molar-refractivity contribution in [2.45, 2.75) is 13.0 Å². The SMILES string of the molecule is COCCC(=O)N(CCN(C)C)Cc1ccc(F)c(F)c1. The van der Waals surface area contributed by atoms with Gasteiger partial charge in [-0.25, -0.2) is 8.78 Å². The molecule has 1 aromatic carbocycles. The number of methoxy groups -OCH3 is 1. The summed E-state index contributed by atoms with van der Waals surface area (Å²) >= 11 is 0. The molecule has 0 fully saturated rings. The number of rotatable bonds is 8. The van der Waals surface area contributed by atoms with E-state index in [1.165, 1.54) is 13.2 Å². The van der Waals surface area contributed by atoms with E-state index in [0.717, 1.165) is 12.1 Å². The zero-order valence-corrected chi connectivity index (χ0v) is 12.7. The van der Waals surface area contributed by atoms with Crippen molar-refractivity contribution in [3.63, 3.8) is 0 Å². The molecule has 1 rings (SSSR count). The fourth-order valence-electron chi connectivity index (χ4n) is 1.82. The molecule has 0 aliphatic carbocycles. The van der Waals surface area contributed by atoms with E-state index < -0.39 is 11.6 Å². The maximum absolute atomic E-state index is 13.2. The molecule has 0 aliphatic rings. The van der Waals surface area contributed by atoms with E-state index >= 15 is 0 Å². The van der Waals surface area contributed by atoms with Crippen molar-refractivity contribution < 1.29 is 18.3 Å². The Morgan fingerprint density at radius 1 is 1.19 bits per heavy atom. The molecular weight excluding hydrogens is 278 g/mol. The van der Waals surface area contributed by atoms with Gasteiger partial charge in [-0.15, -0.1) is 0 Å². The summed E-state index contributed by atoms with van der Waals surface area (Å²) < 4.78 is 31.1. The van der Waals surface area contributed by atoms with Crippen LogP contribution < -0.4 is 0 Å². The van der Waals surface area contributed by atoms with E-state index in [0.29, 0.717) is 25.3 Å². The third-order valence-electron chi connectivity index (χ3n) is 3.05. The highest BCUT2D eigenvalue weighted by Crippen LogP contribution is 2.12. The fraction of sp³-hybridized carbons (Fsp3) is 0.533. The van der Waals surface area contributed by atoms with Gasteiger partial charge in [0.05, 0.1) is 13.0 Å². The van der Waals surface area contributed by atoms with Crippen LogP contribution in [0.3, 0.4) is 0 Å². The summed E-state index contributed by atoms with van der Waals surface area (Å²) in [6, 6.07) is 3.70. The van der Waals surface area contributed by atoms with E-state index in [1.54, 1.807) is 4.90 Å². The molecule has 0 heterocycles. The summed E-state index contributed by atoms with van der Waals surface area (Å²) in [7, 11) is 5.36. The van der Waals surface area contributed by atoms with Crippen LogP contribution >= 0.6 is 0 Å². The number of hydrogen-bond donors (Lipinski definition) is 0. The van der Waals surface area contributed by atoms with E-state index in [4.69, 9.17) is 4.74 Å². The first-order valence-electron chi connectivity index (χ1n) is 6.79. The van der Waals surface area contributed by atoms with Gasteiger partial charge in [0, 0.05) is 26.7 Å². The van der Waals surface area contributed by atoms with Gasteiger partial charge in [-0.2, -0.15) is 0 Å². The van der Waals surface area contributed by atoms with Crippen LogP contribution in [-0.4, -0.2) is 56.6 Å². The Morgan fingerprint density at radius 2 is 1.90 bits per heavy atom. The molecule has 0 saturated carbocycles. The number of ether oxygens (including phenoxy) is 1. The molecular formula is C15H22F2N2O2. The highest BCUT2D eigenvalue weighted by molar-refractivity contribution is 5.76. The van der Waals surface area contributed by atoms with Crippen molar-refractivity contribution in [3.8, 4) is 0 Å². The van der Waals surface area contributed by atoms with Crippen molar-refractivity contribution in [1.29, 1.82) is 0 Å². The minimum absolute atomic E-state index is 0.0663. The molecule has 0 aromatic heterocycles. The molecule has 21 heavy (non-hydrogen) atoms. The van der Waals surface area contributed by atoms with Crippen molar-refractivity contribution in [2.75, 3.05) is 40.9 Å². The maximum atomic E-state index is 13.2. The largest absolute Gasteiger partial charge is 0.384 e. The van der Waals surface area contributed by atoms with Gasteiger partial charge in [0.15, 0.2) is 11.6 Å². The van der Waals surface area contributed by atoms with Crippen LogP contribution in [0.2, 0.25) is 0 Å². The number of benzene rings is 1. The Morgan fingerprint density at radius 3 is 2.48 bits per heavy atom. The molecule has 4 nitrogen and oxygen atoms in total. The smallest absolute Gasteiger partial charge is 0.225 e. The molecule has 0 atom stereocenters. The summed E-state index contributed by atoms with van der Waals surface area (Å²) in [5, 5.41) is 0. The molecule has 0 saturated heterocycles. The van der Waals surface area contributed by atoms with Gasteiger partial charge < -0.3 is 14.5 Å². The first-order valence-corrected chi connectivity index (χ1v) is 6.79. The lowest BCUT2D eigenvalue weighted by molar-refractivity contribution is -0.132. The quantitative estimate of drug-likeness (QED) is 0.735. The van der Waals surface area contributed by atoms with Gasteiger partial charge in [0.2, 0.25) is 5.91 Å². The summed E-state index contributed by atoms with van der Waals surface area (Å²) in [6.07, 6.45) is 0.271. The Hall–Kier alpha value is -1.53. The highest BCUT2D eigenvalue weighted by Gasteiger charge is 2.15. The summed E-state index contributed by atoms with van der Waals surface area (Å²) in [6.45, 7) is 1.82. The van der Waals surface area contributed by atoms with Gasteiger partial charge in [-0.1, -0.05) is 6.07 Å². The van der Waals surface area contributed by atoms with Gasteiger partial charge >= 0.3 is 0 Å². The first-order chi connectivity index (χ1) is 9.93. The first kappa shape index (κ1) is 17.5. The predicted octanol–water partition coefficient (Wildman–Crippen LogP) is 1.89. The summed E-state index contributed by atoms with van der Waals surface area (Å²) in [5.74, 6) is -1.85. The van der Waals surface area contributed by atoms with Crippen LogP contribution in [0.1, 0.15) is 12.0 Å². The molecule has 1 aromatic rings. The van der Waals surface area contributed by atoms with Gasteiger partial charge in [-0.05, 0) is 31.8 Å². The van der Waals surface area contributed by atoms with Crippen molar-refractivity contribution in [3.05, 3.63) is 35.4 Å². The Bertz CT molecular complexity index is 467. The maximum Gasteiger partial charge on any atom is 0.225 e. The predicted molar refractivity (Wildman–Crippen MR) is 76.8 cm³/mol. The number of hydrogen-bond acceptors (Lipinski definition) is 3. The van der Waals surface area contributed by atoms with E-state index in [1.807, 2.05) is 19.0 Å². The van der Waals surface area contributed by atoms with Crippen LogP contribution in [0.4, 0.5) is 8.78 Å². The molecule has 118 valence electrons. The van der Waals surface area contributed by atoms with Crippen molar-refractivity contribution in [2.24, 2.45) is 0 Å². The average molecular weight is 300 g/mol. The lowest BCUT2D eigenvalue weighted by atomic mass is 10.2. The molecule has 6 heteroatoms. The second-order valence-corrected chi connectivity index (χ2v) is 5.11. The van der Waals surface area contributed by atoms with Crippen LogP contribution in [0, 0.1) is 11.6 Å². The van der Waals surface area contributed by atoms with E-state index in [-0.39, 0.29) is 18.9 Å². The Balaban J connectivity index is 2.74. The monoisotopic (exact) mass is 300 g/mol. The molecule has 0 N–H and O–H groups in total. The Kier molecular flexibility index (Phi) is 7.25. The third kappa shape index (κ3) is 6.18. The molecule has 0 aliphatic heterocycles. The van der Waals surface area contributed by atoms with Crippen molar-refractivity contribution >= 4 is 5.91 Å². The topological polar surface area (TPSA) is 32.8 Å². The third-order valence-corrected chi connectivity index (χ3v) is 3.05. The average Bonchev–Trinajstić information content (AvgIpc) is 2.44. The normalized spacial score (nSPS) is 11.0. The molecule has 0 spiro atoms. The van der Waals surface area contributed by atoms with Crippen LogP contribution in [0.15, 0.2) is 18.2 Å². The van der Waals surface area contributed by atoms with Crippen LogP contribution in [0.25, 0.3) is 0 Å². The van der Waals surface area contributed by atoms with Crippen molar-refractivity contribution in [1.82, 2.24) is 9.80 Å². The number of halogens is 2. The molecule has 0 unspecified atom stereocenters. The van der Waals surface area contributed by atoms with Crippen LogP contribution in [0.5, 0.6) is 0 Å². The zero-order valence-electron chi connectivity index (χ0n) is 12.7. The number of carbonyl (C=O) groups excluding carboxylic acids is 1. The zero-order chi connectivity index (χ0) is 15.8. The van der Waals surface area contributed by atoms with E-state index in [2.05, 4.69) is 0 Å². The molecule has 0 bridgehead atoms. The Labute approximate surface area is 124 Å². The minimum Gasteiger partial charge on any atom is -0.384 e. The lowest BCUT2D eigenvalue weighted by Gasteiger charge is -2.24. The van der Waals surface area contributed by atoms with Gasteiger partial charge in [-0.3, -0.25) is 4.79 Å².